The largest absolute Gasteiger partial charge is 0.207 e. The van der Waals surface area contributed by atoms with Gasteiger partial charge in [-0.25, -0.2) is 4.39 Å². The van der Waals surface area contributed by atoms with Gasteiger partial charge in [-0.15, -0.1) is 0 Å². The Morgan fingerprint density at radius 1 is 1.43 bits per heavy atom. The first-order valence-corrected chi connectivity index (χ1v) is 5.65. The Hall–Kier alpha value is -0.590. The van der Waals surface area contributed by atoms with Gasteiger partial charge in [0.15, 0.2) is 0 Å². The minimum atomic E-state index is -0.180. The van der Waals surface area contributed by atoms with Gasteiger partial charge in [0.1, 0.15) is 5.83 Å². The molecule has 0 aromatic carbocycles. The van der Waals surface area contributed by atoms with E-state index in [1.165, 1.54) is 25.3 Å². The van der Waals surface area contributed by atoms with Crippen LogP contribution in [0.1, 0.15) is 46.5 Å². The van der Waals surface area contributed by atoms with Crippen LogP contribution in [0.5, 0.6) is 0 Å². The molecule has 14 heavy (non-hydrogen) atoms. The van der Waals surface area contributed by atoms with Gasteiger partial charge in [-0.1, -0.05) is 46.6 Å². The Labute approximate surface area is 87.9 Å². The maximum Gasteiger partial charge on any atom is 0.118 e. The molecule has 0 radical (unpaired) electrons. The molecule has 0 spiro atoms. The molecule has 1 heteroatoms. The van der Waals surface area contributed by atoms with Gasteiger partial charge in [-0.05, 0) is 30.4 Å². The standard InChI is InChI=1S/C13H23F/c1-5-8-9-11(4)12(6-2)10-13(14)7-3/h7,10-12H,3,5-6,8-9H2,1-2,4H3/b13-10+. The lowest BCUT2D eigenvalue weighted by atomic mass is 9.87. The Morgan fingerprint density at radius 2 is 2.07 bits per heavy atom. The summed E-state index contributed by atoms with van der Waals surface area (Å²) in [4.78, 5) is 0. The van der Waals surface area contributed by atoms with Gasteiger partial charge in [0.05, 0.1) is 0 Å². The first-order valence-electron chi connectivity index (χ1n) is 5.65. The molecule has 0 saturated carbocycles. The van der Waals surface area contributed by atoms with Crippen molar-refractivity contribution in [1.82, 2.24) is 0 Å². The molecule has 0 rings (SSSR count). The summed E-state index contributed by atoms with van der Waals surface area (Å²) in [6, 6.07) is 0. The number of hydrogen-bond acceptors (Lipinski definition) is 0. The zero-order valence-corrected chi connectivity index (χ0v) is 9.72. The van der Waals surface area contributed by atoms with Gasteiger partial charge in [0.25, 0.3) is 0 Å². The van der Waals surface area contributed by atoms with E-state index in [2.05, 4.69) is 27.4 Å². The number of hydrogen-bond donors (Lipinski definition) is 0. The molecule has 0 N–H and O–H groups in total. The second-order valence-corrected chi connectivity index (χ2v) is 3.95. The molecular formula is C13H23F. The summed E-state index contributed by atoms with van der Waals surface area (Å²) < 4.78 is 13.0. The fraction of sp³-hybridized carbons (Fsp3) is 0.692. The second-order valence-electron chi connectivity index (χ2n) is 3.95. The molecule has 82 valence electrons. The third-order valence-electron chi connectivity index (χ3n) is 2.78. The smallest absolute Gasteiger partial charge is 0.118 e. The van der Waals surface area contributed by atoms with Gasteiger partial charge < -0.3 is 0 Å². The van der Waals surface area contributed by atoms with E-state index in [9.17, 15) is 4.39 Å². The number of rotatable bonds is 7. The molecule has 2 atom stereocenters. The fourth-order valence-corrected chi connectivity index (χ4v) is 1.70. The summed E-state index contributed by atoms with van der Waals surface area (Å²) in [7, 11) is 0. The Kier molecular flexibility index (Phi) is 7.45. The SMILES string of the molecule is C=C/C(F)=C\C(CC)C(C)CCCC. The molecule has 2 unspecified atom stereocenters. The van der Waals surface area contributed by atoms with Crippen LogP contribution in [0.2, 0.25) is 0 Å². The van der Waals surface area contributed by atoms with E-state index >= 15 is 0 Å². The van der Waals surface area contributed by atoms with Crippen LogP contribution in [-0.4, -0.2) is 0 Å². The van der Waals surface area contributed by atoms with Crippen LogP contribution in [0.15, 0.2) is 24.6 Å². The fourth-order valence-electron chi connectivity index (χ4n) is 1.70. The van der Waals surface area contributed by atoms with Crippen LogP contribution in [0.3, 0.4) is 0 Å². The third-order valence-corrected chi connectivity index (χ3v) is 2.78. The molecule has 0 saturated heterocycles. The van der Waals surface area contributed by atoms with Crippen molar-refractivity contribution < 1.29 is 4.39 Å². The lowest BCUT2D eigenvalue weighted by Gasteiger charge is -2.19. The predicted octanol–water partition coefficient (Wildman–Crippen LogP) is 4.88. The molecule has 0 aromatic rings. The topological polar surface area (TPSA) is 0 Å². The normalized spacial score (nSPS) is 16.4. The minimum Gasteiger partial charge on any atom is -0.207 e. The minimum absolute atomic E-state index is 0.180. The zero-order valence-electron chi connectivity index (χ0n) is 9.72. The molecule has 0 aliphatic carbocycles. The highest BCUT2D eigenvalue weighted by Crippen LogP contribution is 2.24. The zero-order chi connectivity index (χ0) is 11.0. The van der Waals surface area contributed by atoms with Crippen molar-refractivity contribution in [2.45, 2.75) is 46.5 Å². The second kappa shape index (κ2) is 7.78. The molecular weight excluding hydrogens is 175 g/mol. The van der Waals surface area contributed by atoms with E-state index in [1.54, 1.807) is 6.08 Å². The van der Waals surface area contributed by atoms with Crippen molar-refractivity contribution in [3.63, 3.8) is 0 Å². The van der Waals surface area contributed by atoms with Crippen molar-refractivity contribution in [2.24, 2.45) is 11.8 Å². The molecule has 0 nitrogen and oxygen atoms in total. The molecule has 0 aliphatic rings. The van der Waals surface area contributed by atoms with E-state index in [0.717, 1.165) is 6.42 Å². The summed E-state index contributed by atoms with van der Waals surface area (Å²) in [6.45, 7) is 9.93. The van der Waals surface area contributed by atoms with Gasteiger partial charge in [-0.3, -0.25) is 0 Å². The van der Waals surface area contributed by atoms with Gasteiger partial charge in [0.2, 0.25) is 0 Å². The van der Waals surface area contributed by atoms with Crippen LogP contribution >= 0.6 is 0 Å². The number of halogens is 1. The summed E-state index contributed by atoms with van der Waals surface area (Å²) in [5.74, 6) is 0.755. The Balaban J connectivity index is 4.17. The molecule has 0 aliphatic heterocycles. The monoisotopic (exact) mass is 198 g/mol. The van der Waals surface area contributed by atoms with Gasteiger partial charge in [0, 0.05) is 0 Å². The average molecular weight is 198 g/mol. The van der Waals surface area contributed by atoms with Crippen LogP contribution in [-0.2, 0) is 0 Å². The first kappa shape index (κ1) is 13.4. The first-order chi connectivity index (χ1) is 6.65. The van der Waals surface area contributed by atoms with Crippen LogP contribution in [0.4, 0.5) is 4.39 Å². The summed E-state index contributed by atoms with van der Waals surface area (Å²) in [5, 5.41) is 0. The molecule has 0 fully saturated rings. The lowest BCUT2D eigenvalue weighted by molar-refractivity contribution is 0.375. The highest BCUT2D eigenvalue weighted by molar-refractivity contribution is 5.09. The quantitative estimate of drug-likeness (QED) is 0.511. The highest BCUT2D eigenvalue weighted by atomic mass is 19.1. The van der Waals surface area contributed by atoms with E-state index in [4.69, 9.17) is 0 Å². The van der Waals surface area contributed by atoms with Crippen LogP contribution < -0.4 is 0 Å². The molecule has 0 heterocycles. The lowest BCUT2D eigenvalue weighted by Crippen LogP contribution is -2.08. The summed E-state index contributed by atoms with van der Waals surface area (Å²) in [5.41, 5.74) is 0. The summed E-state index contributed by atoms with van der Waals surface area (Å²) >= 11 is 0. The maximum atomic E-state index is 13.0. The van der Waals surface area contributed by atoms with E-state index in [-0.39, 0.29) is 5.83 Å². The highest BCUT2D eigenvalue weighted by Gasteiger charge is 2.12. The molecule has 0 aromatic heterocycles. The molecule has 0 amide bonds. The Morgan fingerprint density at radius 3 is 2.50 bits per heavy atom. The molecule has 0 bridgehead atoms. The van der Waals surface area contributed by atoms with E-state index < -0.39 is 0 Å². The van der Waals surface area contributed by atoms with Crippen molar-refractivity contribution in [1.29, 1.82) is 0 Å². The Bertz CT molecular complexity index is 182. The van der Waals surface area contributed by atoms with Crippen molar-refractivity contribution in [3.8, 4) is 0 Å². The number of unbranched alkanes of at least 4 members (excludes halogenated alkanes) is 1. The van der Waals surface area contributed by atoms with Crippen molar-refractivity contribution in [3.05, 3.63) is 24.6 Å². The van der Waals surface area contributed by atoms with Crippen LogP contribution in [0, 0.1) is 11.8 Å². The van der Waals surface area contributed by atoms with E-state index in [1.807, 2.05) is 0 Å². The average Bonchev–Trinajstić information content (AvgIpc) is 2.21. The van der Waals surface area contributed by atoms with Crippen LogP contribution in [0.25, 0.3) is 0 Å². The van der Waals surface area contributed by atoms with Crippen molar-refractivity contribution in [2.75, 3.05) is 0 Å². The van der Waals surface area contributed by atoms with Gasteiger partial charge in [-0.2, -0.15) is 0 Å². The third kappa shape index (κ3) is 5.21. The predicted molar refractivity (Wildman–Crippen MR) is 61.9 cm³/mol. The maximum absolute atomic E-state index is 13.0. The number of allylic oxidation sites excluding steroid dienone is 3. The van der Waals surface area contributed by atoms with E-state index in [0.29, 0.717) is 11.8 Å². The van der Waals surface area contributed by atoms with Crippen molar-refractivity contribution >= 4 is 0 Å². The summed E-state index contributed by atoms with van der Waals surface area (Å²) in [6.07, 6.45) is 7.65. The van der Waals surface area contributed by atoms with Gasteiger partial charge >= 0.3 is 0 Å².